The normalized spacial score (nSPS) is 31.0. The van der Waals surface area contributed by atoms with Crippen LogP contribution in [0.5, 0.6) is 0 Å². The van der Waals surface area contributed by atoms with Gasteiger partial charge in [-0.15, -0.1) is 0 Å². The van der Waals surface area contributed by atoms with Crippen molar-refractivity contribution in [2.75, 3.05) is 6.54 Å². The molecule has 1 N–H and O–H groups in total. The second-order valence-corrected chi connectivity index (χ2v) is 5.66. The molecule has 1 nitrogen and oxygen atoms in total. The maximum atomic E-state index is 3.68. The van der Waals surface area contributed by atoms with Gasteiger partial charge in [0.2, 0.25) is 0 Å². The highest BCUT2D eigenvalue weighted by Crippen LogP contribution is 2.41. The van der Waals surface area contributed by atoms with Crippen molar-refractivity contribution in [3.8, 4) is 0 Å². The smallest absolute Gasteiger partial charge is 0.00724 e. The van der Waals surface area contributed by atoms with Crippen LogP contribution < -0.4 is 5.32 Å². The Morgan fingerprint density at radius 1 is 1.20 bits per heavy atom. The summed E-state index contributed by atoms with van der Waals surface area (Å²) in [5.41, 5.74) is 0.653. The van der Waals surface area contributed by atoms with Gasteiger partial charge in [-0.2, -0.15) is 0 Å². The molecule has 0 aliphatic heterocycles. The molecule has 2 atom stereocenters. The van der Waals surface area contributed by atoms with Crippen LogP contribution in [0.3, 0.4) is 0 Å². The molecule has 90 valence electrons. The topological polar surface area (TPSA) is 12.0 Å². The van der Waals surface area contributed by atoms with E-state index in [0.29, 0.717) is 5.41 Å². The Kier molecular flexibility index (Phi) is 5.66. The Morgan fingerprint density at radius 2 is 2.00 bits per heavy atom. The average Bonchev–Trinajstić information content (AvgIpc) is 2.58. The zero-order chi connectivity index (χ0) is 11.1. The van der Waals surface area contributed by atoms with Crippen LogP contribution in [0, 0.1) is 5.41 Å². The highest BCUT2D eigenvalue weighted by molar-refractivity contribution is 4.89. The SMILES string of the molecule is CCCCCC1(C)CCC(NCCC)C1. The molecule has 2 unspecified atom stereocenters. The Hall–Kier alpha value is -0.0400. The van der Waals surface area contributed by atoms with E-state index in [1.165, 1.54) is 57.9 Å². The van der Waals surface area contributed by atoms with Crippen molar-refractivity contribution < 1.29 is 0 Å². The maximum absolute atomic E-state index is 3.68. The predicted molar refractivity (Wildman–Crippen MR) is 68.2 cm³/mol. The molecule has 1 rings (SSSR count). The molecule has 1 fully saturated rings. The fraction of sp³-hybridized carbons (Fsp3) is 1.00. The van der Waals surface area contributed by atoms with Gasteiger partial charge in [0.15, 0.2) is 0 Å². The van der Waals surface area contributed by atoms with E-state index in [1.54, 1.807) is 0 Å². The molecule has 0 aromatic carbocycles. The minimum Gasteiger partial charge on any atom is -0.314 e. The maximum Gasteiger partial charge on any atom is 0.00724 e. The number of rotatable bonds is 7. The van der Waals surface area contributed by atoms with E-state index in [9.17, 15) is 0 Å². The zero-order valence-corrected chi connectivity index (χ0v) is 10.9. The molecule has 0 radical (unpaired) electrons. The van der Waals surface area contributed by atoms with Gasteiger partial charge in [-0.3, -0.25) is 0 Å². The second kappa shape index (κ2) is 6.52. The van der Waals surface area contributed by atoms with E-state index in [-0.39, 0.29) is 0 Å². The molecule has 1 saturated carbocycles. The minimum absolute atomic E-state index is 0.653. The third-order valence-corrected chi connectivity index (χ3v) is 3.90. The van der Waals surface area contributed by atoms with Gasteiger partial charge in [-0.05, 0) is 44.1 Å². The molecule has 1 heteroatoms. The molecule has 1 aliphatic carbocycles. The van der Waals surface area contributed by atoms with E-state index in [4.69, 9.17) is 0 Å². The molecule has 1 aliphatic rings. The van der Waals surface area contributed by atoms with Crippen molar-refractivity contribution in [3.63, 3.8) is 0 Å². The largest absolute Gasteiger partial charge is 0.314 e. The molecule has 0 aromatic heterocycles. The average molecular weight is 211 g/mol. The molecule has 0 bridgehead atoms. The van der Waals surface area contributed by atoms with E-state index < -0.39 is 0 Å². The molecule has 15 heavy (non-hydrogen) atoms. The lowest BCUT2D eigenvalue weighted by molar-refractivity contribution is 0.286. The Morgan fingerprint density at radius 3 is 2.67 bits per heavy atom. The second-order valence-electron chi connectivity index (χ2n) is 5.66. The quantitative estimate of drug-likeness (QED) is 0.624. The standard InChI is InChI=1S/C14H29N/c1-4-6-7-9-14(3)10-8-13(12-14)15-11-5-2/h13,15H,4-12H2,1-3H3. The zero-order valence-electron chi connectivity index (χ0n) is 10.9. The predicted octanol–water partition coefficient (Wildman–Crippen LogP) is 4.13. The number of unbranched alkanes of at least 4 members (excludes halogenated alkanes) is 2. The first kappa shape index (κ1) is 13.0. The van der Waals surface area contributed by atoms with Crippen LogP contribution in [0.4, 0.5) is 0 Å². The summed E-state index contributed by atoms with van der Waals surface area (Å²) in [7, 11) is 0. The van der Waals surface area contributed by atoms with Crippen molar-refractivity contribution in [1.29, 1.82) is 0 Å². The van der Waals surface area contributed by atoms with Gasteiger partial charge in [0.1, 0.15) is 0 Å². The van der Waals surface area contributed by atoms with Crippen LogP contribution in [-0.2, 0) is 0 Å². The third-order valence-electron chi connectivity index (χ3n) is 3.90. The summed E-state index contributed by atoms with van der Waals surface area (Å²) in [6.45, 7) is 8.25. The van der Waals surface area contributed by atoms with Crippen molar-refractivity contribution in [2.24, 2.45) is 5.41 Å². The lowest BCUT2D eigenvalue weighted by Crippen LogP contribution is -2.28. The molecule has 0 heterocycles. The van der Waals surface area contributed by atoms with Crippen molar-refractivity contribution in [3.05, 3.63) is 0 Å². The van der Waals surface area contributed by atoms with Gasteiger partial charge in [-0.1, -0.05) is 40.0 Å². The van der Waals surface area contributed by atoms with Gasteiger partial charge in [0.05, 0.1) is 0 Å². The Balaban J connectivity index is 2.20. The van der Waals surface area contributed by atoms with Crippen molar-refractivity contribution in [2.45, 2.75) is 78.2 Å². The Bertz CT molecular complexity index is 167. The van der Waals surface area contributed by atoms with Crippen LogP contribution in [0.2, 0.25) is 0 Å². The van der Waals surface area contributed by atoms with E-state index in [1.807, 2.05) is 0 Å². The monoisotopic (exact) mass is 211 g/mol. The summed E-state index contributed by atoms with van der Waals surface area (Å²) in [6, 6.07) is 0.816. The molecule has 0 aromatic rings. The first-order valence-corrected chi connectivity index (χ1v) is 6.93. The number of nitrogens with one attached hydrogen (secondary N) is 1. The summed E-state index contributed by atoms with van der Waals surface area (Å²) in [5.74, 6) is 0. The third kappa shape index (κ3) is 4.55. The van der Waals surface area contributed by atoms with Crippen molar-refractivity contribution in [1.82, 2.24) is 5.32 Å². The summed E-state index contributed by atoms with van der Waals surface area (Å²) in [5, 5.41) is 3.68. The van der Waals surface area contributed by atoms with Crippen LogP contribution in [0.15, 0.2) is 0 Å². The fourth-order valence-electron chi connectivity index (χ4n) is 2.87. The van der Waals surface area contributed by atoms with Crippen molar-refractivity contribution >= 4 is 0 Å². The molecule has 0 saturated heterocycles. The van der Waals surface area contributed by atoms with E-state index in [2.05, 4.69) is 26.1 Å². The molecular weight excluding hydrogens is 182 g/mol. The van der Waals surface area contributed by atoms with Crippen LogP contribution in [0.1, 0.15) is 72.1 Å². The summed E-state index contributed by atoms with van der Waals surface area (Å²) in [4.78, 5) is 0. The number of hydrogen-bond acceptors (Lipinski definition) is 1. The molecular formula is C14H29N. The van der Waals surface area contributed by atoms with Crippen LogP contribution in [0.25, 0.3) is 0 Å². The molecule has 0 amide bonds. The van der Waals surface area contributed by atoms with Gasteiger partial charge >= 0.3 is 0 Å². The van der Waals surface area contributed by atoms with Crippen LogP contribution in [-0.4, -0.2) is 12.6 Å². The lowest BCUT2D eigenvalue weighted by Gasteiger charge is -2.24. The van der Waals surface area contributed by atoms with E-state index in [0.717, 1.165) is 6.04 Å². The first-order chi connectivity index (χ1) is 7.20. The highest BCUT2D eigenvalue weighted by atomic mass is 14.9. The van der Waals surface area contributed by atoms with E-state index >= 15 is 0 Å². The lowest BCUT2D eigenvalue weighted by atomic mass is 9.83. The summed E-state index contributed by atoms with van der Waals surface area (Å²) in [6.07, 6.45) is 11.2. The van der Waals surface area contributed by atoms with Crippen LogP contribution >= 0.6 is 0 Å². The van der Waals surface area contributed by atoms with Gasteiger partial charge < -0.3 is 5.32 Å². The fourth-order valence-corrected chi connectivity index (χ4v) is 2.87. The number of hydrogen-bond donors (Lipinski definition) is 1. The van der Waals surface area contributed by atoms with Gasteiger partial charge in [0, 0.05) is 6.04 Å². The first-order valence-electron chi connectivity index (χ1n) is 6.93. The summed E-state index contributed by atoms with van der Waals surface area (Å²) >= 11 is 0. The van der Waals surface area contributed by atoms with Gasteiger partial charge in [-0.25, -0.2) is 0 Å². The summed E-state index contributed by atoms with van der Waals surface area (Å²) < 4.78 is 0. The highest BCUT2D eigenvalue weighted by Gasteiger charge is 2.33. The Labute approximate surface area is 96.0 Å². The minimum atomic E-state index is 0.653. The van der Waals surface area contributed by atoms with Gasteiger partial charge in [0.25, 0.3) is 0 Å². The molecule has 0 spiro atoms.